The highest BCUT2D eigenvalue weighted by Gasteiger charge is 2.47. The number of allylic oxidation sites excluding steroid dienone is 2. The molecule has 2 bridgehead atoms. The van der Waals surface area contributed by atoms with Crippen LogP contribution in [0.15, 0.2) is 25.3 Å². The molecule has 0 heteroatoms. The minimum atomic E-state index is 0.753. The molecule has 0 aromatic heterocycles. The molecule has 0 N–H and O–H groups in total. The Labute approximate surface area is 209 Å². The van der Waals surface area contributed by atoms with Crippen LogP contribution in [0.2, 0.25) is 0 Å². The Balaban J connectivity index is 0.000000175. The number of rotatable bonds is 7. The van der Waals surface area contributed by atoms with E-state index in [1.165, 1.54) is 57.8 Å². The lowest BCUT2D eigenvalue weighted by atomic mass is 9.75. The molecular weight excluding hydrogens is 396 g/mol. The fourth-order valence-electron chi connectivity index (χ4n) is 8.39. The minimum Gasteiger partial charge on any atom is -0.103 e. The molecule has 0 radical (unpaired) electrons. The zero-order valence-corrected chi connectivity index (χ0v) is 23.7. The van der Waals surface area contributed by atoms with Crippen LogP contribution in [-0.2, 0) is 0 Å². The fraction of sp³-hybridized carbons (Fsp3) is 0.879. The van der Waals surface area contributed by atoms with Crippen LogP contribution in [0.1, 0.15) is 119 Å². The zero-order chi connectivity index (χ0) is 24.5. The van der Waals surface area contributed by atoms with Crippen LogP contribution in [0, 0.1) is 65.1 Å². The summed E-state index contributed by atoms with van der Waals surface area (Å²) < 4.78 is 0. The van der Waals surface area contributed by atoms with Gasteiger partial charge < -0.3 is 0 Å². The average Bonchev–Trinajstić information content (AvgIpc) is 3.62. The van der Waals surface area contributed by atoms with Crippen molar-refractivity contribution in [3.63, 3.8) is 0 Å². The molecule has 10 unspecified atom stereocenters. The maximum atomic E-state index is 3.88. The van der Waals surface area contributed by atoms with Crippen molar-refractivity contribution in [3.8, 4) is 0 Å². The van der Waals surface area contributed by atoms with Gasteiger partial charge in [0, 0.05) is 0 Å². The standard InChI is InChI=1S/C11H20.C11H22.C11H18/c1-4-9-5-10-6-11(9)8(3)7(10)2;2*1-4-9-7-10(5-2)11(6-3)8-9/h7-11H,4-6H2,1-3H3;9-11H,4-8H2,1-3H3;4-5,9-11H,1-2,6-8H2,3H3. The van der Waals surface area contributed by atoms with Gasteiger partial charge in [0.25, 0.3) is 0 Å². The highest BCUT2D eigenvalue weighted by molar-refractivity contribution is 4.98. The van der Waals surface area contributed by atoms with Crippen molar-refractivity contribution in [1.29, 1.82) is 0 Å². The number of fused-ring (bicyclic) bond motifs is 2. The summed E-state index contributed by atoms with van der Waals surface area (Å²) in [6, 6.07) is 0. The van der Waals surface area contributed by atoms with Crippen molar-refractivity contribution >= 4 is 0 Å². The van der Waals surface area contributed by atoms with E-state index in [0.717, 1.165) is 65.1 Å². The van der Waals surface area contributed by atoms with Gasteiger partial charge in [0.05, 0.1) is 0 Å². The Morgan fingerprint density at radius 3 is 1.52 bits per heavy atom. The second-order valence-electron chi connectivity index (χ2n) is 12.4. The molecular formula is C33H60. The van der Waals surface area contributed by atoms with Gasteiger partial charge in [-0.1, -0.05) is 92.7 Å². The Morgan fingerprint density at radius 1 is 0.576 bits per heavy atom. The van der Waals surface area contributed by atoms with Gasteiger partial charge in [0.1, 0.15) is 0 Å². The van der Waals surface area contributed by atoms with Crippen LogP contribution in [-0.4, -0.2) is 0 Å². The maximum Gasteiger partial charge on any atom is -0.0202 e. The number of hydrogen-bond donors (Lipinski definition) is 0. The van der Waals surface area contributed by atoms with Crippen LogP contribution >= 0.6 is 0 Å². The highest BCUT2D eigenvalue weighted by atomic mass is 14.5. The predicted molar refractivity (Wildman–Crippen MR) is 149 cm³/mol. The van der Waals surface area contributed by atoms with Crippen LogP contribution in [0.5, 0.6) is 0 Å². The zero-order valence-electron chi connectivity index (χ0n) is 23.7. The molecule has 0 aromatic carbocycles. The van der Waals surface area contributed by atoms with Crippen molar-refractivity contribution in [2.75, 3.05) is 0 Å². The summed E-state index contributed by atoms with van der Waals surface area (Å²) >= 11 is 0. The lowest BCUT2D eigenvalue weighted by molar-refractivity contribution is 0.185. The normalized spacial score (nSPS) is 43.4. The quantitative estimate of drug-likeness (QED) is 0.334. The molecule has 192 valence electrons. The van der Waals surface area contributed by atoms with Gasteiger partial charge in [-0.2, -0.15) is 0 Å². The first kappa shape index (κ1) is 28.7. The molecule has 33 heavy (non-hydrogen) atoms. The van der Waals surface area contributed by atoms with E-state index in [0.29, 0.717) is 0 Å². The van der Waals surface area contributed by atoms with Crippen LogP contribution in [0.4, 0.5) is 0 Å². The molecule has 0 aromatic rings. The van der Waals surface area contributed by atoms with E-state index in [1.807, 2.05) is 0 Å². The molecule has 0 saturated heterocycles. The summed E-state index contributed by atoms with van der Waals surface area (Å²) in [5.41, 5.74) is 0. The molecule has 4 rings (SSSR count). The summed E-state index contributed by atoms with van der Waals surface area (Å²) in [6.07, 6.45) is 19.9. The van der Waals surface area contributed by atoms with Gasteiger partial charge in [-0.3, -0.25) is 0 Å². The van der Waals surface area contributed by atoms with Crippen molar-refractivity contribution in [1.82, 2.24) is 0 Å². The summed E-state index contributed by atoms with van der Waals surface area (Å²) in [5.74, 6) is 10.9. The smallest absolute Gasteiger partial charge is 0.0202 e. The van der Waals surface area contributed by atoms with Gasteiger partial charge in [0.2, 0.25) is 0 Å². The molecule has 0 heterocycles. The van der Waals surface area contributed by atoms with Crippen LogP contribution in [0.25, 0.3) is 0 Å². The van der Waals surface area contributed by atoms with E-state index in [2.05, 4.69) is 73.8 Å². The third kappa shape index (κ3) is 7.24. The van der Waals surface area contributed by atoms with Gasteiger partial charge in [-0.05, 0) is 104 Å². The van der Waals surface area contributed by atoms with E-state index in [4.69, 9.17) is 0 Å². The first-order valence-corrected chi connectivity index (χ1v) is 15.1. The highest BCUT2D eigenvalue weighted by Crippen LogP contribution is 2.55. The van der Waals surface area contributed by atoms with E-state index in [-0.39, 0.29) is 0 Å². The predicted octanol–water partition coefficient (Wildman–Crippen LogP) is 10.6. The van der Waals surface area contributed by atoms with Crippen LogP contribution in [0.3, 0.4) is 0 Å². The second kappa shape index (κ2) is 14.1. The summed E-state index contributed by atoms with van der Waals surface area (Å²) in [4.78, 5) is 0. The van der Waals surface area contributed by atoms with Crippen molar-refractivity contribution < 1.29 is 0 Å². The van der Waals surface area contributed by atoms with E-state index in [9.17, 15) is 0 Å². The van der Waals surface area contributed by atoms with Crippen molar-refractivity contribution in [3.05, 3.63) is 25.3 Å². The molecule has 0 aliphatic heterocycles. The molecule has 0 amide bonds. The molecule has 4 saturated carbocycles. The molecule has 0 spiro atoms. The maximum absolute atomic E-state index is 3.88. The third-order valence-corrected chi connectivity index (χ3v) is 11.1. The Bertz CT molecular complexity index is 537. The van der Waals surface area contributed by atoms with Crippen LogP contribution < -0.4 is 0 Å². The van der Waals surface area contributed by atoms with Crippen molar-refractivity contribution in [2.45, 2.75) is 119 Å². The van der Waals surface area contributed by atoms with Crippen molar-refractivity contribution in [2.24, 2.45) is 65.1 Å². The largest absolute Gasteiger partial charge is 0.103 e. The molecule has 4 aliphatic carbocycles. The summed E-state index contributed by atoms with van der Waals surface area (Å²) in [7, 11) is 0. The average molecular weight is 457 g/mol. The van der Waals surface area contributed by atoms with E-state index in [1.54, 1.807) is 12.8 Å². The first-order valence-electron chi connectivity index (χ1n) is 15.1. The molecule has 10 atom stereocenters. The summed E-state index contributed by atoms with van der Waals surface area (Å²) in [5, 5.41) is 0. The van der Waals surface area contributed by atoms with Gasteiger partial charge in [0.15, 0.2) is 0 Å². The Morgan fingerprint density at radius 2 is 1.15 bits per heavy atom. The van der Waals surface area contributed by atoms with Gasteiger partial charge >= 0.3 is 0 Å². The molecule has 4 aliphatic rings. The molecule has 0 nitrogen and oxygen atoms in total. The van der Waals surface area contributed by atoms with Gasteiger partial charge in [-0.25, -0.2) is 0 Å². The monoisotopic (exact) mass is 456 g/mol. The van der Waals surface area contributed by atoms with Gasteiger partial charge in [-0.15, -0.1) is 13.2 Å². The lowest BCUT2D eigenvalue weighted by Crippen LogP contribution is -2.23. The fourth-order valence-corrected chi connectivity index (χ4v) is 8.39. The van der Waals surface area contributed by atoms with E-state index < -0.39 is 0 Å². The number of hydrogen-bond acceptors (Lipinski definition) is 0. The summed E-state index contributed by atoms with van der Waals surface area (Å²) in [6.45, 7) is 24.3. The Kier molecular flexibility index (Phi) is 12.3. The SMILES string of the molecule is C=CC1CC(C=C)C(CC)C1.CCC1CC(CC)C(CC)C1.CCC1CC2CC1C(C)C2C. The molecule has 4 fully saturated rings. The minimum absolute atomic E-state index is 0.753. The Hall–Kier alpha value is -0.520. The first-order chi connectivity index (χ1) is 15.9. The lowest BCUT2D eigenvalue weighted by Gasteiger charge is -2.30. The topological polar surface area (TPSA) is 0 Å². The van der Waals surface area contributed by atoms with E-state index >= 15 is 0 Å². The second-order valence-corrected chi connectivity index (χ2v) is 12.4. The third-order valence-electron chi connectivity index (χ3n) is 11.1.